The van der Waals surface area contributed by atoms with Gasteiger partial charge in [0.15, 0.2) is 0 Å². The zero-order chi connectivity index (χ0) is 15.2. The van der Waals surface area contributed by atoms with Crippen molar-refractivity contribution >= 4 is 17.3 Å². The third kappa shape index (κ3) is 3.31. The molecule has 1 heterocycles. The first kappa shape index (κ1) is 16.1. The van der Waals surface area contributed by atoms with E-state index in [0.29, 0.717) is 13.0 Å². The molecular weight excluding hydrogens is 266 g/mol. The van der Waals surface area contributed by atoms with Gasteiger partial charge < -0.3 is 20.8 Å². The first-order chi connectivity index (χ1) is 9.53. The highest BCUT2D eigenvalue weighted by atomic mass is 16.6. The molecule has 0 aliphatic heterocycles. The molecule has 0 radical (unpaired) electrons. The second kappa shape index (κ2) is 6.96. The van der Waals surface area contributed by atoms with Crippen molar-refractivity contribution in [1.82, 2.24) is 9.97 Å². The lowest BCUT2D eigenvalue weighted by Gasteiger charge is -2.30. The Balaban J connectivity index is 3.23. The van der Waals surface area contributed by atoms with E-state index in [1.807, 2.05) is 0 Å². The van der Waals surface area contributed by atoms with Gasteiger partial charge in [-0.3, -0.25) is 10.1 Å². The molecule has 0 atom stereocenters. The van der Waals surface area contributed by atoms with Crippen LogP contribution in [0.15, 0.2) is 6.33 Å². The topological polar surface area (TPSA) is 133 Å². The molecule has 0 unspecified atom stereocenters. The van der Waals surface area contributed by atoms with Crippen molar-refractivity contribution in [3.05, 3.63) is 16.4 Å². The second-order valence-electron chi connectivity index (χ2n) is 4.28. The summed E-state index contributed by atoms with van der Waals surface area (Å²) in [4.78, 5) is 18.3. The van der Waals surface area contributed by atoms with E-state index >= 15 is 0 Å². The Morgan fingerprint density at radius 3 is 2.35 bits per heavy atom. The molecule has 4 N–H and O–H groups in total. The molecule has 9 heteroatoms. The molecule has 1 aromatic rings. The predicted octanol–water partition coefficient (Wildman–Crippen LogP) is 0.362. The number of aliphatic hydroxyl groups excluding tert-OH is 2. The Labute approximate surface area is 116 Å². The van der Waals surface area contributed by atoms with Crippen LogP contribution in [0.1, 0.15) is 20.3 Å². The highest BCUT2D eigenvalue weighted by Crippen LogP contribution is 2.31. The summed E-state index contributed by atoms with van der Waals surface area (Å²) >= 11 is 0. The number of nitrogens with one attached hydrogen (secondary N) is 2. The average Bonchev–Trinajstić information content (AvgIpc) is 2.45. The van der Waals surface area contributed by atoms with Gasteiger partial charge >= 0.3 is 5.69 Å². The van der Waals surface area contributed by atoms with Gasteiger partial charge in [0, 0.05) is 6.54 Å². The minimum Gasteiger partial charge on any atom is -0.394 e. The van der Waals surface area contributed by atoms with Gasteiger partial charge in [0.2, 0.25) is 11.6 Å². The molecule has 112 valence electrons. The second-order valence-corrected chi connectivity index (χ2v) is 4.28. The summed E-state index contributed by atoms with van der Waals surface area (Å²) in [6, 6.07) is 0. The fourth-order valence-electron chi connectivity index (χ4n) is 1.63. The number of hydrogen-bond acceptors (Lipinski definition) is 8. The van der Waals surface area contributed by atoms with E-state index in [4.69, 9.17) is 0 Å². The number of aliphatic hydroxyl groups is 2. The maximum atomic E-state index is 11.2. The van der Waals surface area contributed by atoms with Crippen LogP contribution >= 0.6 is 0 Å². The molecule has 0 amide bonds. The molecule has 1 aromatic heterocycles. The highest BCUT2D eigenvalue weighted by Gasteiger charge is 2.32. The van der Waals surface area contributed by atoms with Crippen LogP contribution in [-0.4, -0.2) is 50.4 Å². The summed E-state index contributed by atoms with van der Waals surface area (Å²) in [6.45, 7) is 3.25. The fourth-order valence-corrected chi connectivity index (χ4v) is 1.63. The monoisotopic (exact) mass is 285 g/mol. The van der Waals surface area contributed by atoms with Gasteiger partial charge in [-0.2, -0.15) is 0 Å². The summed E-state index contributed by atoms with van der Waals surface area (Å²) in [5.41, 5.74) is -1.38. The normalized spacial score (nSPS) is 11.2. The summed E-state index contributed by atoms with van der Waals surface area (Å²) in [5.74, 6) is 0.0572. The van der Waals surface area contributed by atoms with Crippen molar-refractivity contribution < 1.29 is 15.1 Å². The van der Waals surface area contributed by atoms with Crippen LogP contribution in [0.2, 0.25) is 0 Å². The lowest BCUT2D eigenvalue weighted by atomic mass is 9.98. The summed E-state index contributed by atoms with van der Waals surface area (Å²) in [6.07, 6.45) is 1.56. The molecule has 20 heavy (non-hydrogen) atoms. The molecule has 0 aromatic carbocycles. The van der Waals surface area contributed by atoms with E-state index in [0.717, 1.165) is 0 Å². The zero-order valence-corrected chi connectivity index (χ0v) is 11.5. The van der Waals surface area contributed by atoms with Gasteiger partial charge in [0.05, 0.1) is 23.7 Å². The number of rotatable bonds is 8. The third-order valence-corrected chi connectivity index (χ3v) is 3.01. The standard InChI is InChI=1S/C11H19N5O4/c1-3-11(5-17,6-18)15-10-8(16(19)20)9(12-4-2)13-7-14-10/h7,17-18H,3-6H2,1-2H3,(H2,12,13,14,15). The van der Waals surface area contributed by atoms with Crippen molar-refractivity contribution in [3.63, 3.8) is 0 Å². The minimum atomic E-state index is -1.07. The average molecular weight is 285 g/mol. The van der Waals surface area contributed by atoms with E-state index in [-0.39, 0.29) is 30.5 Å². The third-order valence-electron chi connectivity index (χ3n) is 3.01. The van der Waals surface area contributed by atoms with Crippen LogP contribution in [0.3, 0.4) is 0 Å². The molecule has 0 saturated heterocycles. The van der Waals surface area contributed by atoms with E-state index in [2.05, 4.69) is 20.6 Å². The highest BCUT2D eigenvalue weighted by molar-refractivity contribution is 5.69. The maximum Gasteiger partial charge on any atom is 0.353 e. The van der Waals surface area contributed by atoms with Gasteiger partial charge in [0.1, 0.15) is 6.33 Å². The molecule has 0 fully saturated rings. The van der Waals surface area contributed by atoms with Crippen molar-refractivity contribution in [1.29, 1.82) is 0 Å². The number of nitro groups is 1. The van der Waals surface area contributed by atoms with E-state index in [1.165, 1.54) is 6.33 Å². The molecule has 1 rings (SSSR count). The van der Waals surface area contributed by atoms with Crippen LogP contribution in [0.25, 0.3) is 0 Å². The van der Waals surface area contributed by atoms with Crippen molar-refractivity contribution in [2.45, 2.75) is 25.8 Å². The van der Waals surface area contributed by atoms with Crippen LogP contribution in [0, 0.1) is 10.1 Å². The molecule has 0 saturated carbocycles. The van der Waals surface area contributed by atoms with Crippen LogP contribution in [0.4, 0.5) is 17.3 Å². The Bertz CT molecular complexity index is 456. The maximum absolute atomic E-state index is 11.2. The Morgan fingerprint density at radius 1 is 1.30 bits per heavy atom. The van der Waals surface area contributed by atoms with Gasteiger partial charge in [-0.05, 0) is 13.3 Å². The lowest BCUT2D eigenvalue weighted by Crippen LogP contribution is -2.45. The first-order valence-electron chi connectivity index (χ1n) is 6.26. The zero-order valence-electron chi connectivity index (χ0n) is 11.5. The van der Waals surface area contributed by atoms with Crippen LogP contribution < -0.4 is 10.6 Å². The van der Waals surface area contributed by atoms with Crippen LogP contribution in [0.5, 0.6) is 0 Å². The van der Waals surface area contributed by atoms with Crippen molar-refractivity contribution in [2.75, 3.05) is 30.4 Å². The summed E-state index contributed by atoms with van der Waals surface area (Å²) < 4.78 is 0. The molecular formula is C11H19N5O4. The van der Waals surface area contributed by atoms with E-state index in [9.17, 15) is 20.3 Å². The van der Waals surface area contributed by atoms with Crippen molar-refractivity contribution in [3.8, 4) is 0 Å². The van der Waals surface area contributed by atoms with Gasteiger partial charge in [-0.15, -0.1) is 0 Å². The molecule has 0 bridgehead atoms. The summed E-state index contributed by atoms with van der Waals surface area (Å²) in [7, 11) is 0. The Kier molecular flexibility index (Phi) is 5.59. The molecule has 9 nitrogen and oxygen atoms in total. The predicted molar refractivity (Wildman–Crippen MR) is 73.7 cm³/mol. The fraction of sp³-hybridized carbons (Fsp3) is 0.636. The smallest absolute Gasteiger partial charge is 0.353 e. The number of hydrogen-bond donors (Lipinski definition) is 4. The SMILES string of the molecule is CCNc1ncnc(NC(CC)(CO)CO)c1[N+](=O)[O-]. The minimum absolute atomic E-state index is 0.0362. The Morgan fingerprint density at radius 2 is 1.90 bits per heavy atom. The van der Waals surface area contributed by atoms with Gasteiger partial charge in [-0.1, -0.05) is 6.92 Å². The summed E-state index contributed by atoms with van der Waals surface area (Å²) in [5, 5.41) is 35.5. The van der Waals surface area contributed by atoms with E-state index in [1.54, 1.807) is 13.8 Å². The Hall–Kier alpha value is -2.00. The van der Waals surface area contributed by atoms with Crippen LogP contribution in [-0.2, 0) is 0 Å². The quantitative estimate of drug-likeness (QED) is 0.397. The molecule has 0 spiro atoms. The lowest BCUT2D eigenvalue weighted by molar-refractivity contribution is -0.383. The van der Waals surface area contributed by atoms with Crippen molar-refractivity contribution in [2.24, 2.45) is 0 Å². The van der Waals surface area contributed by atoms with Gasteiger partial charge in [-0.25, -0.2) is 9.97 Å². The largest absolute Gasteiger partial charge is 0.394 e. The first-order valence-corrected chi connectivity index (χ1v) is 6.26. The molecule has 0 aliphatic rings. The number of nitrogens with zero attached hydrogens (tertiary/aromatic N) is 3. The van der Waals surface area contributed by atoms with Gasteiger partial charge in [0.25, 0.3) is 0 Å². The number of anilines is 2. The number of aromatic nitrogens is 2. The van der Waals surface area contributed by atoms with E-state index < -0.39 is 10.5 Å². The molecule has 0 aliphatic carbocycles.